The highest BCUT2D eigenvalue weighted by molar-refractivity contribution is 7.89. The van der Waals surface area contributed by atoms with Crippen LogP contribution in [0.25, 0.3) is 0 Å². The smallest absolute Gasteiger partial charge is 0.339 e. The van der Waals surface area contributed by atoms with Gasteiger partial charge in [-0.25, -0.2) is 13.2 Å². The molecule has 0 atom stereocenters. The van der Waals surface area contributed by atoms with Crippen LogP contribution in [0.4, 0.5) is 0 Å². The largest absolute Gasteiger partial charge is 0.478 e. The second-order valence-corrected chi connectivity index (χ2v) is 7.84. The molecule has 1 aliphatic rings. The Bertz CT molecular complexity index is 755. The summed E-state index contributed by atoms with van der Waals surface area (Å²) in [6.45, 7) is 0.817. The van der Waals surface area contributed by atoms with Crippen molar-refractivity contribution >= 4 is 27.3 Å². The van der Waals surface area contributed by atoms with Crippen LogP contribution < -0.4 is 0 Å². The molecule has 2 aromatic heterocycles. The number of hydrogen-bond acceptors (Lipinski definition) is 5. The van der Waals surface area contributed by atoms with Gasteiger partial charge in [-0.1, -0.05) is 0 Å². The van der Waals surface area contributed by atoms with Crippen molar-refractivity contribution in [2.75, 3.05) is 13.1 Å². The molecule has 1 aliphatic heterocycles. The monoisotopic (exact) mass is 341 g/mol. The van der Waals surface area contributed by atoms with E-state index in [2.05, 4.69) is 11.4 Å². The number of sulfonamides is 1. The number of aromatic carboxylic acids is 1. The Kier molecular flexibility index (Phi) is 4.07. The molecule has 1 saturated heterocycles. The van der Waals surface area contributed by atoms with Crippen molar-refractivity contribution in [2.45, 2.75) is 23.9 Å². The first-order valence-electron chi connectivity index (χ1n) is 6.82. The fraction of sp³-hybridized carbons (Fsp3) is 0.357. The van der Waals surface area contributed by atoms with Crippen LogP contribution in [0.1, 0.15) is 34.7 Å². The third-order valence-electron chi connectivity index (χ3n) is 3.89. The number of carboxylic acid groups (broad SMARTS) is 1. The van der Waals surface area contributed by atoms with Crippen molar-refractivity contribution in [2.24, 2.45) is 0 Å². The van der Waals surface area contributed by atoms with Crippen LogP contribution in [-0.2, 0) is 10.0 Å². The van der Waals surface area contributed by atoms with Crippen molar-refractivity contribution in [1.82, 2.24) is 4.31 Å². The van der Waals surface area contributed by atoms with Gasteiger partial charge < -0.3 is 9.52 Å². The molecule has 3 heterocycles. The molecule has 2 aromatic rings. The average molecular weight is 341 g/mol. The molecule has 8 heteroatoms. The van der Waals surface area contributed by atoms with Crippen LogP contribution in [0.5, 0.6) is 0 Å². The first-order valence-corrected chi connectivity index (χ1v) is 9.21. The summed E-state index contributed by atoms with van der Waals surface area (Å²) in [7, 11) is -3.76. The highest BCUT2D eigenvalue weighted by atomic mass is 32.2. The van der Waals surface area contributed by atoms with Gasteiger partial charge in [-0.05, 0) is 41.1 Å². The highest BCUT2D eigenvalue weighted by Crippen LogP contribution is 2.32. The Balaban J connectivity index is 1.72. The topological polar surface area (TPSA) is 87.8 Å². The zero-order valence-corrected chi connectivity index (χ0v) is 13.3. The molecule has 0 unspecified atom stereocenters. The number of thiophene rings is 1. The predicted octanol–water partition coefficient (Wildman–Crippen LogP) is 2.61. The molecule has 0 spiro atoms. The van der Waals surface area contributed by atoms with Crippen LogP contribution in [0.2, 0.25) is 0 Å². The van der Waals surface area contributed by atoms with Gasteiger partial charge in [0.25, 0.3) is 10.0 Å². The fourth-order valence-electron chi connectivity index (χ4n) is 2.63. The molecule has 22 heavy (non-hydrogen) atoms. The summed E-state index contributed by atoms with van der Waals surface area (Å²) in [4.78, 5) is 10.8. The van der Waals surface area contributed by atoms with E-state index in [1.807, 2.05) is 5.38 Å². The van der Waals surface area contributed by atoms with E-state index in [4.69, 9.17) is 9.52 Å². The molecule has 0 amide bonds. The Labute approximate surface area is 132 Å². The lowest BCUT2D eigenvalue weighted by Gasteiger charge is -2.30. The quantitative estimate of drug-likeness (QED) is 0.923. The van der Waals surface area contributed by atoms with Gasteiger partial charge in [-0.15, -0.1) is 0 Å². The lowest BCUT2D eigenvalue weighted by molar-refractivity contribution is 0.0696. The van der Waals surface area contributed by atoms with Crippen LogP contribution in [-0.4, -0.2) is 36.9 Å². The van der Waals surface area contributed by atoms with Gasteiger partial charge in [0.2, 0.25) is 5.09 Å². The lowest BCUT2D eigenvalue weighted by Crippen LogP contribution is -2.37. The second kappa shape index (κ2) is 5.86. The van der Waals surface area contributed by atoms with E-state index in [0.717, 1.165) is 25.2 Å². The second-order valence-electron chi connectivity index (χ2n) is 5.19. The normalized spacial score (nSPS) is 17.6. The van der Waals surface area contributed by atoms with Crippen molar-refractivity contribution in [3.8, 4) is 0 Å². The number of piperidine rings is 1. The van der Waals surface area contributed by atoms with Gasteiger partial charge in [-0.3, -0.25) is 0 Å². The molecule has 0 aliphatic carbocycles. The van der Waals surface area contributed by atoms with E-state index in [0.29, 0.717) is 19.0 Å². The molecule has 118 valence electrons. The van der Waals surface area contributed by atoms with Gasteiger partial charge in [0, 0.05) is 19.2 Å². The Morgan fingerprint density at radius 1 is 1.36 bits per heavy atom. The minimum Gasteiger partial charge on any atom is -0.478 e. The van der Waals surface area contributed by atoms with E-state index < -0.39 is 16.0 Å². The SMILES string of the molecule is O=C(O)c1coc(S(=O)(=O)N2CCC(c3ccsc3)CC2)c1. The molecule has 1 N–H and O–H groups in total. The fourth-order valence-corrected chi connectivity index (χ4v) is 4.76. The molecule has 3 rings (SSSR count). The average Bonchev–Trinajstić information content (AvgIpc) is 3.19. The van der Waals surface area contributed by atoms with Crippen LogP contribution in [0.3, 0.4) is 0 Å². The van der Waals surface area contributed by atoms with Crippen LogP contribution >= 0.6 is 11.3 Å². The number of hydrogen-bond donors (Lipinski definition) is 1. The maximum atomic E-state index is 12.5. The Morgan fingerprint density at radius 2 is 2.09 bits per heavy atom. The molecular weight excluding hydrogens is 326 g/mol. The van der Waals surface area contributed by atoms with Crippen molar-refractivity contribution in [3.63, 3.8) is 0 Å². The summed E-state index contributed by atoms with van der Waals surface area (Å²) in [5.41, 5.74) is 1.10. The third kappa shape index (κ3) is 2.81. The summed E-state index contributed by atoms with van der Waals surface area (Å²) in [5.74, 6) is -0.828. The highest BCUT2D eigenvalue weighted by Gasteiger charge is 2.32. The summed E-state index contributed by atoms with van der Waals surface area (Å²) >= 11 is 1.64. The van der Waals surface area contributed by atoms with E-state index in [-0.39, 0.29) is 10.7 Å². The number of carboxylic acids is 1. The van der Waals surface area contributed by atoms with E-state index in [9.17, 15) is 13.2 Å². The van der Waals surface area contributed by atoms with Gasteiger partial charge in [-0.2, -0.15) is 15.6 Å². The van der Waals surface area contributed by atoms with Crippen LogP contribution in [0, 0.1) is 0 Å². The Hall–Kier alpha value is -1.64. The standard InChI is InChI=1S/C14H15NO5S2/c16-14(17)12-7-13(20-8-12)22(18,19)15-4-1-10(2-5-15)11-3-6-21-9-11/h3,6-10H,1-2,4-5H2,(H,16,17). The molecule has 0 bridgehead atoms. The van der Waals surface area contributed by atoms with Gasteiger partial charge in [0.05, 0.1) is 5.56 Å². The summed E-state index contributed by atoms with van der Waals surface area (Å²) < 4.78 is 31.2. The van der Waals surface area contributed by atoms with Crippen molar-refractivity contribution in [3.05, 3.63) is 40.3 Å². The summed E-state index contributed by atoms with van der Waals surface area (Å²) in [6, 6.07) is 3.13. The van der Waals surface area contributed by atoms with E-state index in [1.54, 1.807) is 11.3 Å². The molecule has 0 aromatic carbocycles. The third-order valence-corrected chi connectivity index (χ3v) is 6.35. The summed E-state index contributed by atoms with van der Waals surface area (Å²) in [5, 5.41) is 12.7. The lowest BCUT2D eigenvalue weighted by atomic mass is 9.92. The zero-order valence-electron chi connectivity index (χ0n) is 11.6. The van der Waals surface area contributed by atoms with Gasteiger partial charge in [0.1, 0.15) is 6.26 Å². The predicted molar refractivity (Wildman–Crippen MR) is 80.7 cm³/mol. The number of carbonyl (C=O) groups is 1. The molecule has 1 fully saturated rings. The summed E-state index contributed by atoms with van der Waals surface area (Å²) in [6.07, 6.45) is 2.46. The minimum atomic E-state index is -3.76. The van der Waals surface area contributed by atoms with Gasteiger partial charge >= 0.3 is 5.97 Å². The number of rotatable bonds is 4. The van der Waals surface area contributed by atoms with Crippen molar-refractivity contribution < 1.29 is 22.7 Å². The maximum absolute atomic E-state index is 12.5. The van der Waals surface area contributed by atoms with Crippen LogP contribution in [0.15, 0.2) is 38.7 Å². The van der Waals surface area contributed by atoms with E-state index >= 15 is 0 Å². The van der Waals surface area contributed by atoms with Gasteiger partial charge in [0.15, 0.2) is 0 Å². The molecule has 0 radical (unpaired) electrons. The number of furan rings is 1. The first-order chi connectivity index (χ1) is 10.5. The molecular formula is C14H15NO5S2. The molecule has 0 saturated carbocycles. The maximum Gasteiger partial charge on any atom is 0.339 e. The molecule has 6 nitrogen and oxygen atoms in total. The van der Waals surface area contributed by atoms with Crippen molar-refractivity contribution in [1.29, 1.82) is 0 Å². The minimum absolute atomic E-state index is 0.160. The first kappa shape index (κ1) is 15.3. The van der Waals surface area contributed by atoms with E-state index in [1.165, 1.54) is 9.87 Å². The zero-order chi connectivity index (χ0) is 15.7. The Morgan fingerprint density at radius 3 is 2.64 bits per heavy atom. The number of nitrogens with zero attached hydrogens (tertiary/aromatic N) is 1.